The average Bonchev–Trinajstić information content (AvgIpc) is 3.08. The van der Waals surface area contributed by atoms with Gasteiger partial charge in [0.1, 0.15) is 24.4 Å². The number of hydrogen-bond acceptors (Lipinski definition) is 6. The first-order valence-electron chi connectivity index (χ1n) is 16.0. The van der Waals surface area contributed by atoms with Crippen molar-refractivity contribution in [3.05, 3.63) is 145 Å². The summed E-state index contributed by atoms with van der Waals surface area (Å²) >= 11 is 0. The van der Waals surface area contributed by atoms with E-state index in [4.69, 9.17) is 23.4 Å². The zero-order valence-corrected chi connectivity index (χ0v) is 28.0. The molecule has 0 amide bonds. The fourth-order valence-electron chi connectivity index (χ4n) is 6.22. The standard InChI is InChI=1S/C39H46O6Si/c1-5-26-41-38-35(40)37(43-28-31-20-12-7-13-21-31)36(42-27-30-18-10-6-11-19-30)34(45-38)29-44-46(39(2,3)4,32-22-14-8-15-23-32)33-24-16-9-17-25-33/h5-25,34-38,40H,1,26-29H2,2-4H3/t34-,35+,36-,37-,38+/m1/s1. The van der Waals surface area contributed by atoms with E-state index in [1.54, 1.807) is 6.08 Å². The van der Waals surface area contributed by atoms with Gasteiger partial charge in [-0.25, -0.2) is 0 Å². The van der Waals surface area contributed by atoms with Crippen molar-refractivity contribution in [2.75, 3.05) is 13.2 Å². The van der Waals surface area contributed by atoms with E-state index in [1.165, 1.54) is 10.4 Å². The summed E-state index contributed by atoms with van der Waals surface area (Å²) in [6.45, 7) is 11.6. The van der Waals surface area contributed by atoms with Crippen molar-refractivity contribution in [1.29, 1.82) is 0 Å². The molecule has 1 fully saturated rings. The number of ether oxygens (including phenoxy) is 4. The van der Waals surface area contributed by atoms with Crippen molar-refractivity contribution in [2.45, 2.75) is 69.7 Å². The minimum atomic E-state index is -2.90. The highest BCUT2D eigenvalue weighted by atomic mass is 28.4. The molecule has 0 aromatic heterocycles. The van der Waals surface area contributed by atoms with E-state index in [9.17, 15) is 5.11 Å². The lowest BCUT2D eigenvalue weighted by molar-refractivity contribution is -0.314. The molecule has 0 unspecified atom stereocenters. The SMILES string of the molecule is C=CCO[C@H]1O[C@H](CO[Si](c2ccccc2)(c2ccccc2)C(C)(C)C)[C@@H](OCc2ccccc2)[C@H](OCc2ccccc2)[C@@H]1O. The molecule has 242 valence electrons. The third-order valence-electron chi connectivity index (χ3n) is 8.44. The third-order valence-corrected chi connectivity index (χ3v) is 13.4. The summed E-state index contributed by atoms with van der Waals surface area (Å²) in [4.78, 5) is 0. The normalized spacial score (nSPS) is 22.0. The molecule has 46 heavy (non-hydrogen) atoms. The molecule has 4 aromatic rings. The largest absolute Gasteiger partial charge is 0.405 e. The summed E-state index contributed by atoms with van der Waals surface area (Å²) < 4.78 is 32.9. The second-order valence-electron chi connectivity index (χ2n) is 12.7. The Balaban J connectivity index is 1.52. The van der Waals surface area contributed by atoms with Gasteiger partial charge in [0.15, 0.2) is 6.29 Å². The summed E-state index contributed by atoms with van der Waals surface area (Å²) in [7, 11) is -2.90. The molecule has 1 saturated heterocycles. The van der Waals surface area contributed by atoms with Crippen LogP contribution in [0.3, 0.4) is 0 Å². The van der Waals surface area contributed by atoms with Gasteiger partial charge in [0, 0.05) is 0 Å². The number of hydrogen-bond donors (Lipinski definition) is 1. The van der Waals surface area contributed by atoms with E-state index in [0.29, 0.717) is 13.2 Å². The van der Waals surface area contributed by atoms with Crippen LogP contribution in [0.1, 0.15) is 31.9 Å². The predicted molar refractivity (Wildman–Crippen MR) is 184 cm³/mol. The Kier molecular flexibility index (Phi) is 11.8. The van der Waals surface area contributed by atoms with Crippen LogP contribution in [-0.2, 0) is 36.6 Å². The summed E-state index contributed by atoms with van der Waals surface area (Å²) in [6.07, 6.45) is -2.43. The van der Waals surface area contributed by atoms with E-state index in [-0.39, 0.29) is 18.3 Å². The van der Waals surface area contributed by atoms with Crippen molar-refractivity contribution >= 4 is 18.7 Å². The third kappa shape index (κ3) is 7.93. The summed E-state index contributed by atoms with van der Waals surface area (Å²) in [5.41, 5.74) is 2.00. The highest BCUT2D eigenvalue weighted by Crippen LogP contribution is 2.38. The first-order valence-corrected chi connectivity index (χ1v) is 17.9. The monoisotopic (exact) mass is 638 g/mol. The minimum absolute atomic E-state index is 0.207. The fourth-order valence-corrected chi connectivity index (χ4v) is 10.8. The highest BCUT2D eigenvalue weighted by Gasteiger charge is 2.53. The molecule has 0 radical (unpaired) electrons. The molecule has 6 nitrogen and oxygen atoms in total. The molecule has 4 aromatic carbocycles. The second-order valence-corrected chi connectivity index (χ2v) is 17.0. The van der Waals surface area contributed by atoms with Gasteiger partial charge in [0.2, 0.25) is 0 Å². The molecule has 1 aliphatic rings. The summed E-state index contributed by atoms with van der Waals surface area (Å²) in [6, 6.07) is 40.9. The van der Waals surface area contributed by atoms with Crippen molar-refractivity contribution < 1.29 is 28.5 Å². The minimum Gasteiger partial charge on any atom is -0.405 e. The van der Waals surface area contributed by atoms with Crippen LogP contribution in [-0.4, -0.2) is 57.3 Å². The van der Waals surface area contributed by atoms with Crippen molar-refractivity contribution in [3.8, 4) is 0 Å². The fraction of sp³-hybridized carbons (Fsp3) is 0.333. The topological polar surface area (TPSA) is 66.4 Å². The van der Waals surface area contributed by atoms with Gasteiger partial charge < -0.3 is 28.5 Å². The maximum atomic E-state index is 11.6. The zero-order chi connectivity index (χ0) is 32.4. The van der Waals surface area contributed by atoms with Crippen LogP contribution in [0.2, 0.25) is 5.04 Å². The average molecular weight is 639 g/mol. The van der Waals surface area contributed by atoms with Crippen LogP contribution in [0.25, 0.3) is 0 Å². The van der Waals surface area contributed by atoms with Gasteiger partial charge in [-0.1, -0.05) is 148 Å². The molecule has 1 aliphatic heterocycles. The lowest BCUT2D eigenvalue weighted by atomic mass is 9.98. The van der Waals surface area contributed by atoms with Crippen molar-refractivity contribution in [3.63, 3.8) is 0 Å². The van der Waals surface area contributed by atoms with E-state index in [1.807, 2.05) is 72.8 Å². The Hall–Kier alpha value is -3.40. The number of aliphatic hydroxyl groups excluding tert-OH is 1. The molecular weight excluding hydrogens is 593 g/mol. The Labute approximate surface area is 274 Å². The maximum Gasteiger partial charge on any atom is 0.261 e. The van der Waals surface area contributed by atoms with Gasteiger partial charge in [-0.15, -0.1) is 6.58 Å². The molecule has 5 rings (SSSR count). The maximum absolute atomic E-state index is 11.6. The Morgan fingerprint density at radius 1 is 0.696 bits per heavy atom. The molecule has 5 atom stereocenters. The first kappa shape index (κ1) is 33.9. The number of rotatable bonds is 14. The van der Waals surface area contributed by atoms with Crippen LogP contribution in [0.15, 0.2) is 134 Å². The van der Waals surface area contributed by atoms with Crippen LogP contribution < -0.4 is 10.4 Å². The van der Waals surface area contributed by atoms with Crippen LogP contribution >= 0.6 is 0 Å². The second kappa shape index (κ2) is 15.9. The molecular formula is C39H46O6Si. The molecule has 0 aliphatic carbocycles. The Morgan fingerprint density at radius 2 is 1.15 bits per heavy atom. The van der Waals surface area contributed by atoms with Gasteiger partial charge >= 0.3 is 0 Å². The molecule has 0 spiro atoms. The van der Waals surface area contributed by atoms with E-state index >= 15 is 0 Å². The molecule has 0 bridgehead atoms. The predicted octanol–water partition coefficient (Wildman–Crippen LogP) is 6.02. The molecule has 0 saturated carbocycles. The summed E-state index contributed by atoms with van der Waals surface area (Å²) in [5, 5.41) is 13.7. The van der Waals surface area contributed by atoms with Crippen LogP contribution in [0.5, 0.6) is 0 Å². The van der Waals surface area contributed by atoms with E-state index in [2.05, 4.69) is 75.9 Å². The number of aliphatic hydroxyl groups is 1. The Morgan fingerprint density at radius 3 is 1.61 bits per heavy atom. The van der Waals surface area contributed by atoms with Gasteiger partial charge in [-0.05, 0) is 26.5 Å². The lowest BCUT2D eigenvalue weighted by Crippen LogP contribution is -2.68. The van der Waals surface area contributed by atoms with E-state index in [0.717, 1.165) is 11.1 Å². The lowest BCUT2D eigenvalue weighted by Gasteiger charge is -2.47. The zero-order valence-electron chi connectivity index (χ0n) is 27.0. The van der Waals surface area contributed by atoms with Crippen LogP contribution in [0, 0.1) is 0 Å². The van der Waals surface area contributed by atoms with E-state index < -0.39 is 39.0 Å². The smallest absolute Gasteiger partial charge is 0.261 e. The molecule has 1 heterocycles. The van der Waals surface area contributed by atoms with Crippen LogP contribution in [0.4, 0.5) is 0 Å². The van der Waals surface area contributed by atoms with Gasteiger partial charge in [-0.2, -0.15) is 0 Å². The highest BCUT2D eigenvalue weighted by molar-refractivity contribution is 6.99. The quantitative estimate of drug-likeness (QED) is 0.135. The van der Waals surface area contributed by atoms with Gasteiger partial charge in [0.25, 0.3) is 8.32 Å². The van der Waals surface area contributed by atoms with Gasteiger partial charge in [-0.3, -0.25) is 0 Å². The molecule has 7 heteroatoms. The van der Waals surface area contributed by atoms with Gasteiger partial charge in [0.05, 0.1) is 26.4 Å². The first-order chi connectivity index (χ1) is 22.3. The van der Waals surface area contributed by atoms with Crippen molar-refractivity contribution in [2.24, 2.45) is 0 Å². The Bertz CT molecular complexity index is 1420. The summed E-state index contributed by atoms with van der Waals surface area (Å²) in [5.74, 6) is 0. The number of benzene rings is 4. The molecule has 1 N–H and O–H groups in total. The van der Waals surface area contributed by atoms with Crippen molar-refractivity contribution in [1.82, 2.24) is 0 Å².